The number of benzene rings is 1. The molecule has 9 heteroatoms. The van der Waals surface area contributed by atoms with E-state index < -0.39 is 31.3 Å². The predicted octanol–water partition coefficient (Wildman–Crippen LogP) is 3.52. The number of hydrogen-bond acceptors (Lipinski definition) is 4. The van der Waals surface area contributed by atoms with Gasteiger partial charge in [-0.3, -0.25) is 4.98 Å². The molecular formula is C12H7Cl2F2NO3S. The standard InChI is InChI=1S/C12H7Cl2F2NO3S/c13-8-5-17-4-3-7(8)6-20-9-1-2-10(21(14,18)19)12(16)11(9)15/h1-5H,6H2. The molecule has 112 valence electrons. The summed E-state index contributed by atoms with van der Waals surface area (Å²) in [5.41, 5.74) is 0.514. The third-order valence-corrected chi connectivity index (χ3v) is 4.19. The SMILES string of the molecule is O=S(=O)(Cl)c1ccc(OCc2ccncc2Cl)c(F)c1F. The third-order valence-electron chi connectivity index (χ3n) is 2.51. The molecule has 0 amide bonds. The lowest BCUT2D eigenvalue weighted by Crippen LogP contribution is -2.03. The molecule has 0 aliphatic rings. The first-order valence-electron chi connectivity index (χ1n) is 5.44. The van der Waals surface area contributed by atoms with Crippen molar-refractivity contribution in [2.75, 3.05) is 0 Å². The van der Waals surface area contributed by atoms with Crippen molar-refractivity contribution >= 4 is 31.3 Å². The molecule has 0 saturated heterocycles. The highest BCUT2D eigenvalue weighted by Crippen LogP contribution is 2.28. The number of pyridine rings is 1. The Morgan fingerprint density at radius 1 is 1.19 bits per heavy atom. The maximum Gasteiger partial charge on any atom is 0.264 e. The molecular weight excluding hydrogens is 347 g/mol. The molecule has 0 bridgehead atoms. The van der Waals surface area contributed by atoms with Crippen molar-refractivity contribution in [1.29, 1.82) is 0 Å². The Hall–Kier alpha value is -1.44. The van der Waals surface area contributed by atoms with Crippen LogP contribution < -0.4 is 4.74 Å². The summed E-state index contributed by atoms with van der Waals surface area (Å²) < 4.78 is 54.5. The van der Waals surface area contributed by atoms with Gasteiger partial charge in [-0.15, -0.1) is 0 Å². The average Bonchev–Trinajstić information content (AvgIpc) is 2.40. The van der Waals surface area contributed by atoms with Gasteiger partial charge in [0, 0.05) is 28.6 Å². The molecule has 21 heavy (non-hydrogen) atoms. The quantitative estimate of drug-likeness (QED) is 0.789. The normalized spacial score (nSPS) is 11.4. The van der Waals surface area contributed by atoms with E-state index in [2.05, 4.69) is 4.98 Å². The van der Waals surface area contributed by atoms with E-state index in [1.54, 1.807) is 6.07 Å². The van der Waals surface area contributed by atoms with E-state index in [1.807, 2.05) is 0 Å². The van der Waals surface area contributed by atoms with Gasteiger partial charge in [-0.25, -0.2) is 12.8 Å². The van der Waals surface area contributed by atoms with Gasteiger partial charge in [-0.2, -0.15) is 4.39 Å². The second kappa shape index (κ2) is 6.13. The van der Waals surface area contributed by atoms with Gasteiger partial charge >= 0.3 is 0 Å². The molecule has 0 fully saturated rings. The number of rotatable bonds is 4. The van der Waals surface area contributed by atoms with Crippen molar-refractivity contribution in [3.63, 3.8) is 0 Å². The van der Waals surface area contributed by atoms with Crippen LogP contribution >= 0.6 is 22.3 Å². The largest absolute Gasteiger partial charge is 0.486 e. The molecule has 0 aliphatic carbocycles. The lowest BCUT2D eigenvalue weighted by Gasteiger charge is -2.09. The van der Waals surface area contributed by atoms with Crippen LogP contribution in [-0.2, 0) is 15.7 Å². The third kappa shape index (κ3) is 3.61. The molecule has 0 saturated carbocycles. The van der Waals surface area contributed by atoms with Crippen LogP contribution in [0.4, 0.5) is 8.78 Å². The molecule has 0 unspecified atom stereocenters. The second-order valence-electron chi connectivity index (χ2n) is 3.88. The van der Waals surface area contributed by atoms with Crippen molar-refractivity contribution in [1.82, 2.24) is 4.98 Å². The molecule has 0 atom stereocenters. The predicted molar refractivity (Wildman–Crippen MR) is 73.0 cm³/mol. The zero-order chi connectivity index (χ0) is 15.6. The maximum atomic E-state index is 13.7. The van der Waals surface area contributed by atoms with Crippen molar-refractivity contribution in [3.8, 4) is 5.75 Å². The first kappa shape index (κ1) is 15.9. The summed E-state index contributed by atoms with van der Waals surface area (Å²) in [6.45, 7) is -0.134. The Bertz CT molecular complexity index is 784. The Labute approximate surface area is 128 Å². The summed E-state index contributed by atoms with van der Waals surface area (Å²) in [6.07, 6.45) is 2.84. The van der Waals surface area contributed by atoms with Crippen LogP contribution in [0.3, 0.4) is 0 Å². The molecule has 4 nitrogen and oxygen atoms in total. The molecule has 2 aromatic rings. The fourth-order valence-electron chi connectivity index (χ4n) is 1.49. The molecule has 0 spiro atoms. The van der Waals surface area contributed by atoms with Crippen LogP contribution in [0.1, 0.15) is 5.56 Å². The zero-order valence-corrected chi connectivity index (χ0v) is 12.5. The molecule has 1 heterocycles. The van der Waals surface area contributed by atoms with Crippen molar-refractivity contribution < 1.29 is 21.9 Å². The first-order valence-corrected chi connectivity index (χ1v) is 8.13. The number of nitrogens with zero attached hydrogens (tertiary/aromatic N) is 1. The smallest absolute Gasteiger partial charge is 0.264 e. The van der Waals surface area contributed by atoms with Crippen LogP contribution in [0.5, 0.6) is 5.75 Å². The summed E-state index contributed by atoms with van der Waals surface area (Å²) in [5.74, 6) is -3.49. The van der Waals surface area contributed by atoms with Crippen molar-refractivity contribution in [2.24, 2.45) is 0 Å². The minimum absolute atomic E-state index is 0.134. The molecule has 0 aliphatic heterocycles. The van der Waals surface area contributed by atoms with Gasteiger partial charge in [0.05, 0.1) is 5.02 Å². The summed E-state index contributed by atoms with van der Waals surface area (Å²) in [4.78, 5) is 2.82. The Morgan fingerprint density at radius 2 is 1.90 bits per heavy atom. The molecule has 2 rings (SSSR count). The highest BCUT2D eigenvalue weighted by Gasteiger charge is 2.22. The van der Waals surface area contributed by atoms with Crippen LogP contribution in [-0.4, -0.2) is 13.4 Å². The Balaban J connectivity index is 2.27. The second-order valence-corrected chi connectivity index (χ2v) is 6.82. The summed E-state index contributed by atoms with van der Waals surface area (Å²) in [5, 5.41) is 0.304. The van der Waals surface area contributed by atoms with Gasteiger partial charge < -0.3 is 4.74 Å². The first-order chi connectivity index (χ1) is 9.80. The van der Waals surface area contributed by atoms with Crippen molar-refractivity contribution in [3.05, 3.63) is 52.8 Å². The fraction of sp³-hybridized carbons (Fsp3) is 0.0833. The highest BCUT2D eigenvalue weighted by atomic mass is 35.7. The van der Waals surface area contributed by atoms with E-state index in [0.29, 0.717) is 10.6 Å². The summed E-state index contributed by atoms with van der Waals surface area (Å²) in [6, 6.07) is 3.35. The number of aromatic nitrogens is 1. The van der Waals surface area contributed by atoms with Crippen LogP contribution in [0.2, 0.25) is 5.02 Å². The van der Waals surface area contributed by atoms with E-state index in [0.717, 1.165) is 12.1 Å². The lowest BCUT2D eigenvalue weighted by atomic mass is 10.3. The molecule has 1 aromatic carbocycles. The van der Waals surface area contributed by atoms with Gasteiger partial charge in [0.2, 0.25) is 5.82 Å². The minimum Gasteiger partial charge on any atom is -0.486 e. The minimum atomic E-state index is -4.37. The zero-order valence-electron chi connectivity index (χ0n) is 10.2. The molecule has 0 radical (unpaired) electrons. The molecule has 1 aromatic heterocycles. The van der Waals surface area contributed by atoms with Gasteiger partial charge in [0.15, 0.2) is 11.6 Å². The maximum absolute atomic E-state index is 13.7. The fourth-order valence-corrected chi connectivity index (χ4v) is 2.56. The topological polar surface area (TPSA) is 56.3 Å². The van der Waals surface area contributed by atoms with Gasteiger partial charge in [0.1, 0.15) is 11.5 Å². The monoisotopic (exact) mass is 353 g/mol. The van der Waals surface area contributed by atoms with E-state index in [9.17, 15) is 17.2 Å². The summed E-state index contributed by atoms with van der Waals surface area (Å²) in [7, 11) is 0.608. The number of hydrogen-bond donors (Lipinski definition) is 0. The van der Waals surface area contributed by atoms with Crippen LogP contribution in [0.15, 0.2) is 35.5 Å². The van der Waals surface area contributed by atoms with Crippen LogP contribution in [0.25, 0.3) is 0 Å². The van der Waals surface area contributed by atoms with E-state index in [1.165, 1.54) is 12.4 Å². The summed E-state index contributed by atoms with van der Waals surface area (Å²) >= 11 is 5.84. The van der Waals surface area contributed by atoms with Gasteiger partial charge in [-0.1, -0.05) is 11.6 Å². The molecule has 0 N–H and O–H groups in total. The van der Waals surface area contributed by atoms with Gasteiger partial charge in [-0.05, 0) is 18.2 Å². The van der Waals surface area contributed by atoms with E-state index in [-0.39, 0.29) is 6.61 Å². The average molecular weight is 354 g/mol. The Morgan fingerprint density at radius 3 is 2.52 bits per heavy atom. The van der Waals surface area contributed by atoms with Crippen molar-refractivity contribution in [2.45, 2.75) is 11.5 Å². The van der Waals surface area contributed by atoms with Crippen LogP contribution in [0, 0.1) is 11.6 Å². The number of ether oxygens (including phenoxy) is 1. The lowest BCUT2D eigenvalue weighted by molar-refractivity contribution is 0.283. The Kier molecular flexibility index (Phi) is 4.65. The number of halogens is 4. The van der Waals surface area contributed by atoms with E-state index >= 15 is 0 Å². The van der Waals surface area contributed by atoms with Gasteiger partial charge in [0.25, 0.3) is 9.05 Å². The highest BCUT2D eigenvalue weighted by molar-refractivity contribution is 8.13. The van der Waals surface area contributed by atoms with E-state index in [4.69, 9.17) is 27.0 Å².